The summed E-state index contributed by atoms with van der Waals surface area (Å²) in [7, 11) is 0. The van der Waals surface area contributed by atoms with Crippen LogP contribution in [0.5, 0.6) is 0 Å². The van der Waals surface area contributed by atoms with Crippen LogP contribution in [0, 0.1) is 5.95 Å². The van der Waals surface area contributed by atoms with Gasteiger partial charge < -0.3 is 5.73 Å². The van der Waals surface area contributed by atoms with E-state index in [1.807, 2.05) is 0 Å². The van der Waals surface area contributed by atoms with Gasteiger partial charge in [-0.3, -0.25) is 0 Å². The molecule has 2 nitrogen and oxygen atoms in total. The molecule has 0 bridgehead atoms. The number of alkyl halides is 5. The molecule has 0 amide bonds. The van der Waals surface area contributed by atoms with Gasteiger partial charge in [0.05, 0.1) is 11.1 Å². The molecule has 0 aliphatic carbocycles. The van der Waals surface area contributed by atoms with Crippen LogP contribution in [0.2, 0.25) is 0 Å². The molecule has 2 N–H and O–H groups in total. The van der Waals surface area contributed by atoms with Crippen molar-refractivity contribution in [1.29, 1.82) is 0 Å². The van der Waals surface area contributed by atoms with E-state index in [1.54, 1.807) is 0 Å². The van der Waals surface area contributed by atoms with E-state index in [0.29, 0.717) is 0 Å². The summed E-state index contributed by atoms with van der Waals surface area (Å²) in [6.07, 6.45) is -8.13. The molecular formula is C8H6F6N2. The molecule has 0 aliphatic rings. The fourth-order valence-electron chi connectivity index (χ4n) is 1.22. The maximum absolute atomic E-state index is 12.8. The molecule has 0 saturated carbocycles. The van der Waals surface area contributed by atoms with Crippen molar-refractivity contribution in [2.24, 2.45) is 5.73 Å². The highest BCUT2D eigenvalue weighted by Gasteiger charge is 2.36. The van der Waals surface area contributed by atoms with Crippen LogP contribution in [-0.2, 0) is 12.7 Å². The Morgan fingerprint density at radius 3 is 2.25 bits per heavy atom. The van der Waals surface area contributed by atoms with Gasteiger partial charge in [-0.1, -0.05) is 0 Å². The minimum Gasteiger partial charge on any atom is -0.326 e. The second kappa shape index (κ2) is 4.28. The maximum atomic E-state index is 12.8. The normalized spacial score (nSPS) is 12.2. The van der Waals surface area contributed by atoms with Gasteiger partial charge in [0.15, 0.2) is 0 Å². The van der Waals surface area contributed by atoms with Crippen molar-refractivity contribution < 1.29 is 26.3 Å². The zero-order valence-electron chi connectivity index (χ0n) is 7.65. The number of aromatic nitrogens is 1. The third-order valence-corrected chi connectivity index (χ3v) is 1.91. The first-order valence-electron chi connectivity index (χ1n) is 4.01. The van der Waals surface area contributed by atoms with E-state index in [2.05, 4.69) is 4.98 Å². The number of pyridine rings is 1. The van der Waals surface area contributed by atoms with Crippen molar-refractivity contribution in [1.82, 2.24) is 4.98 Å². The first-order valence-corrected chi connectivity index (χ1v) is 4.01. The van der Waals surface area contributed by atoms with Crippen LogP contribution in [0.3, 0.4) is 0 Å². The predicted molar refractivity (Wildman–Crippen MR) is 42.0 cm³/mol. The summed E-state index contributed by atoms with van der Waals surface area (Å²) < 4.78 is 74.6. The summed E-state index contributed by atoms with van der Waals surface area (Å²) >= 11 is 0. The van der Waals surface area contributed by atoms with Crippen LogP contribution in [0.1, 0.15) is 23.1 Å². The molecule has 0 saturated heterocycles. The lowest BCUT2D eigenvalue weighted by atomic mass is 10.0. The highest BCUT2D eigenvalue weighted by molar-refractivity contribution is 5.35. The van der Waals surface area contributed by atoms with Crippen molar-refractivity contribution in [3.05, 3.63) is 28.8 Å². The lowest BCUT2D eigenvalue weighted by molar-refractivity contribution is -0.138. The highest BCUT2D eigenvalue weighted by atomic mass is 19.4. The fraction of sp³-hybridized carbons (Fsp3) is 0.375. The Balaban J connectivity index is 3.49. The smallest absolute Gasteiger partial charge is 0.326 e. The summed E-state index contributed by atoms with van der Waals surface area (Å²) in [6, 6.07) is 0. The largest absolute Gasteiger partial charge is 0.418 e. The first kappa shape index (κ1) is 12.8. The van der Waals surface area contributed by atoms with Crippen molar-refractivity contribution in [2.75, 3.05) is 0 Å². The van der Waals surface area contributed by atoms with Crippen molar-refractivity contribution >= 4 is 0 Å². The minimum absolute atomic E-state index is 0.156. The van der Waals surface area contributed by atoms with Crippen LogP contribution < -0.4 is 5.73 Å². The third kappa shape index (κ3) is 2.26. The molecule has 0 atom stereocenters. The Morgan fingerprint density at radius 2 is 1.88 bits per heavy atom. The molecule has 1 aromatic heterocycles. The highest BCUT2D eigenvalue weighted by Crippen LogP contribution is 2.36. The molecule has 0 unspecified atom stereocenters. The van der Waals surface area contributed by atoms with E-state index in [-0.39, 0.29) is 6.20 Å². The molecular weight excluding hydrogens is 238 g/mol. The lowest BCUT2D eigenvalue weighted by Crippen LogP contribution is -2.17. The Hall–Kier alpha value is -1.31. The molecule has 8 heteroatoms. The van der Waals surface area contributed by atoms with Crippen molar-refractivity contribution in [3.63, 3.8) is 0 Å². The van der Waals surface area contributed by atoms with Crippen LogP contribution in [-0.4, -0.2) is 4.98 Å². The summed E-state index contributed by atoms with van der Waals surface area (Å²) in [5.74, 6) is -1.64. The topological polar surface area (TPSA) is 38.9 Å². The number of rotatable bonds is 2. The molecule has 0 radical (unpaired) electrons. The Labute approximate surface area is 86.1 Å². The van der Waals surface area contributed by atoms with Crippen LogP contribution >= 0.6 is 0 Å². The van der Waals surface area contributed by atoms with Crippen LogP contribution in [0.15, 0.2) is 6.20 Å². The zero-order chi connectivity index (χ0) is 12.5. The molecule has 1 heterocycles. The van der Waals surface area contributed by atoms with Crippen LogP contribution in [0.25, 0.3) is 0 Å². The van der Waals surface area contributed by atoms with E-state index < -0.39 is 41.8 Å². The van der Waals surface area contributed by atoms with Crippen molar-refractivity contribution in [2.45, 2.75) is 19.1 Å². The quantitative estimate of drug-likeness (QED) is 0.641. The number of nitrogens with two attached hydrogens (primary N) is 1. The van der Waals surface area contributed by atoms with Gasteiger partial charge >= 0.3 is 6.18 Å². The van der Waals surface area contributed by atoms with E-state index in [4.69, 9.17) is 5.73 Å². The van der Waals surface area contributed by atoms with E-state index in [9.17, 15) is 26.3 Å². The monoisotopic (exact) mass is 244 g/mol. The van der Waals surface area contributed by atoms with E-state index >= 15 is 0 Å². The second-order valence-electron chi connectivity index (χ2n) is 2.86. The molecule has 0 aliphatic heterocycles. The average molecular weight is 244 g/mol. The summed E-state index contributed by atoms with van der Waals surface area (Å²) in [5.41, 5.74) is 1.13. The summed E-state index contributed by atoms with van der Waals surface area (Å²) in [6.45, 7) is -0.839. The Morgan fingerprint density at radius 1 is 1.31 bits per heavy atom. The maximum Gasteiger partial charge on any atom is 0.418 e. The number of hydrogen-bond acceptors (Lipinski definition) is 2. The molecule has 1 rings (SSSR count). The predicted octanol–water partition coefficient (Wildman–Crippen LogP) is 2.64. The van der Waals surface area contributed by atoms with Gasteiger partial charge in [-0.2, -0.15) is 17.6 Å². The fourth-order valence-corrected chi connectivity index (χ4v) is 1.22. The first-order chi connectivity index (χ1) is 7.29. The third-order valence-electron chi connectivity index (χ3n) is 1.91. The molecule has 16 heavy (non-hydrogen) atoms. The summed E-state index contributed by atoms with van der Waals surface area (Å²) in [4.78, 5) is 2.65. The van der Waals surface area contributed by atoms with Gasteiger partial charge in [0.25, 0.3) is 6.43 Å². The van der Waals surface area contributed by atoms with E-state index in [1.165, 1.54) is 0 Å². The number of nitrogens with zero attached hydrogens (tertiary/aromatic N) is 1. The second-order valence-corrected chi connectivity index (χ2v) is 2.86. The molecule has 1 aromatic rings. The summed E-state index contributed by atoms with van der Waals surface area (Å²) in [5, 5.41) is 0. The molecule has 90 valence electrons. The SMILES string of the molecule is NCc1c(C(F)(F)F)cnc(F)c1C(F)F. The number of hydrogen-bond donors (Lipinski definition) is 1. The van der Waals surface area contributed by atoms with Gasteiger partial charge in [-0.05, 0) is 5.56 Å². The number of halogens is 6. The van der Waals surface area contributed by atoms with Gasteiger partial charge in [-0.25, -0.2) is 13.8 Å². The van der Waals surface area contributed by atoms with Gasteiger partial charge in [0.1, 0.15) is 0 Å². The minimum atomic E-state index is -4.89. The molecule has 0 fully saturated rings. The molecule has 0 aromatic carbocycles. The zero-order valence-corrected chi connectivity index (χ0v) is 7.65. The van der Waals surface area contributed by atoms with Gasteiger partial charge in [0, 0.05) is 12.7 Å². The van der Waals surface area contributed by atoms with Crippen LogP contribution in [0.4, 0.5) is 26.3 Å². The van der Waals surface area contributed by atoms with Gasteiger partial charge in [-0.15, -0.1) is 0 Å². The van der Waals surface area contributed by atoms with Crippen molar-refractivity contribution in [3.8, 4) is 0 Å². The average Bonchev–Trinajstić information content (AvgIpc) is 2.14. The Kier molecular flexibility index (Phi) is 3.41. The van der Waals surface area contributed by atoms with Gasteiger partial charge in [0.2, 0.25) is 5.95 Å². The standard InChI is InChI=1S/C8H6F6N2/c9-6(10)5-3(1-15)4(8(12,13)14)2-16-7(5)11/h2,6H,1,15H2. The molecule has 0 spiro atoms. The Bertz CT molecular complexity index is 387. The lowest BCUT2D eigenvalue weighted by Gasteiger charge is -2.15. The van der Waals surface area contributed by atoms with E-state index in [0.717, 1.165) is 0 Å².